The predicted molar refractivity (Wildman–Crippen MR) is 67.0 cm³/mol. The zero-order valence-corrected chi connectivity index (χ0v) is 10.1. The number of hydrogen-bond donors (Lipinski definition) is 2. The van der Waals surface area contributed by atoms with Gasteiger partial charge in [0.2, 0.25) is 0 Å². The molecule has 3 heteroatoms. The van der Waals surface area contributed by atoms with E-state index >= 15 is 0 Å². The lowest BCUT2D eigenvalue weighted by molar-refractivity contribution is 0.447. The summed E-state index contributed by atoms with van der Waals surface area (Å²) in [6.45, 7) is 3.20. The number of nitrogens with two attached hydrogens (primary N) is 1. The van der Waals surface area contributed by atoms with Crippen molar-refractivity contribution in [3.63, 3.8) is 0 Å². The molecule has 1 aliphatic carbocycles. The number of thiophene rings is 1. The van der Waals surface area contributed by atoms with Crippen molar-refractivity contribution in [2.45, 2.75) is 45.2 Å². The van der Waals surface area contributed by atoms with Crippen molar-refractivity contribution >= 4 is 17.0 Å². The fourth-order valence-corrected chi connectivity index (χ4v) is 2.63. The molecule has 1 aromatic rings. The Hall–Kier alpha value is -0.540. The lowest BCUT2D eigenvalue weighted by atomic mass is 10.1. The van der Waals surface area contributed by atoms with E-state index in [4.69, 9.17) is 5.73 Å². The van der Waals surface area contributed by atoms with Gasteiger partial charge in [-0.1, -0.05) is 19.8 Å². The molecule has 1 aliphatic rings. The molecule has 1 atom stereocenters. The summed E-state index contributed by atoms with van der Waals surface area (Å²) in [5.74, 6) is 1.00. The Morgan fingerprint density at radius 1 is 1.60 bits per heavy atom. The minimum absolute atomic E-state index is 0.680. The maximum Gasteiger partial charge on any atom is 0.0468 e. The number of rotatable bonds is 6. The molecular weight excluding hydrogens is 204 g/mol. The summed E-state index contributed by atoms with van der Waals surface area (Å²) in [4.78, 5) is 1.28. The molecule has 1 heterocycles. The molecule has 0 saturated heterocycles. The van der Waals surface area contributed by atoms with Crippen LogP contribution in [0.25, 0.3) is 0 Å². The molecular formula is C12H20N2S. The SMILES string of the molecule is CCC(CC1CC1)NCc1sccc1N. The summed E-state index contributed by atoms with van der Waals surface area (Å²) >= 11 is 1.75. The van der Waals surface area contributed by atoms with Gasteiger partial charge in [0.05, 0.1) is 0 Å². The van der Waals surface area contributed by atoms with E-state index in [2.05, 4.69) is 17.6 Å². The predicted octanol–water partition coefficient (Wildman–Crippen LogP) is 3.00. The van der Waals surface area contributed by atoms with Gasteiger partial charge in [-0.15, -0.1) is 11.3 Å². The third-order valence-electron chi connectivity index (χ3n) is 3.14. The Bertz CT molecular complexity index is 304. The van der Waals surface area contributed by atoms with E-state index in [0.717, 1.165) is 18.2 Å². The van der Waals surface area contributed by atoms with Gasteiger partial charge in [-0.3, -0.25) is 0 Å². The first-order chi connectivity index (χ1) is 7.29. The highest BCUT2D eigenvalue weighted by atomic mass is 32.1. The van der Waals surface area contributed by atoms with Crippen LogP contribution in [-0.2, 0) is 6.54 Å². The van der Waals surface area contributed by atoms with Crippen molar-refractivity contribution in [2.75, 3.05) is 5.73 Å². The molecule has 1 saturated carbocycles. The summed E-state index contributed by atoms with van der Waals surface area (Å²) in [5, 5.41) is 5.68. The van der Waals surface area contributed by atoms with Crippen molar-refractivity contribution in [2.24, 2.45) is 5.92 Å². The Morgan fingerprint density at radius 3 is 2.93 bits per heavy atom. The second-order valence-corrected chi connectivity index (χ2v) is 5.46. The molecule has 1 aromatic heterocycles. The third-order valence-corrected chi connectivity index (χ3v) is 4.08. The Morgan fingerprint density at radius 2 is 2.40 bits per heavy atom. The van der Waals surface area contributed by atoms with Crippen LogP contribution in [0.2, 0.25) is 0 Å². The van der Waals surface area contributed by atoms with Crippen LogP contribution in [0.1, 0.15) is 37.5 Å². The molecule has 15 heavy (non-hydrogen) atoms. The van der Waals surface area contributed by atoms with Gasteiger partial charge in [-0.25, -0.2) is 0 Å². The van der Waals surface area contributed by atoms with Gasteiger partial charge < -0.3 is 11.1 Å². The van der Waals surface area contributed by atoms with Gasteiger partial charge >= 0.3 is 0 Å². The van der Waals surface area contributed by atoms with E-state index in [1.165, 1.54) is 30.6 Å². The Labute approximate surface area is 95.9 Å². The van der Waals surface area contributed by atoms with Crippen LogP contribution in [0.4, 0.5) is 5.69 Å². The van der Waals surface area contributed by atoms with Crippen molar-refractivity contribution < 1.29 is 0 Å². The first kappa shape index (κ1) is 11.0. The molecule has 84 valence electrons. The molecule has 0 aromatic carbocycles. The first-order valence-electron chi connectivity index (χ1n) is 5.84. The lowest BCUT2D eigenvalue weighted by Crippen LogP contribution is -2.28. The van der Waals surface area contributed by atoms with Gasteiger partial charge in [0.15, 0.2) is 0 Å². The van der Waals surface area contributed by atoms with Gasteiger partial charge in [0, 0.05) is 23.2 Å². The van der Waals surface area contributed by atoms with Crippen LogP contribution in [0, 0.1) is 5.92 Å². The Kier molecular flexibility index (Phi) is 3.65. The molecule has 1 unspecified atom stereocenters. The molecule has 0 amide bonds. The topological polar surface area (TPSA) is 38.0 Å². The number of anilines is 1. The molecule has 0 spiro atoms. The molecule has 0 bridgehead atoms. The number of nitrogen functional groups attached to an aromatic ring is 1. The highest BCUT2D eigenvalue weighted by molar-refractivity contribution is 7.10. The number of hydrogen-bond acceptors (Lipinski definition) is 3. The van der Waals surface area contributed by atoms with Crippen LogP contribution in [-0.4, -0.2) is 6.04 Å². The fraction of sp³-hybridized carbons (Fsp3) is 0.667. The highest BCUT2D eigenvalue weighted by Gasteiger charge is 2.24. The average molecular weight is 224 g/mol. The highest BCUT2D eigenvalue weighted by Crippen LogP contribution is 2.34. The normalized spacial score (nSPS) is 17.9. The maximum atomic E-state index is 5.85. The smallest absolute Gasteiger partial charge is 0.0468 e. The molecule has 2 rings (SSSR count). The van der Waals surface area contributed by atoms with Crippen molar-refractivity contribution in [3.8, 4) is 0 Å². The second-order valence-electron chi connectivity index (χ2n) is 4.46. The molecule has 0 aliphatic heterocycles. The second kappa shape index (κ2) is 4.99. The maximum absolute atomic E-state index is 5.85. The monoisotopic (exact) mass is 224 g/mol. The summed E-state index contributed by atoms with van der Waals surface area (Å²) in [5.41, 5.74) is 6.79. The van der Waals surface area contributed by atoms with Gasteiger partial charge in [0.25, 0.3) is 0 Å². The molecule has 3 N–H and O–H groups in total. The Balaban J connectivity index is 1.77. The largest absolute Gasteiger partial charge is 0.398 e. The molecule has 0 radical (unpaired) electrons. The van der Waals surface area contributed by atoms with Crippen LogP contribution in [0.3, 0.4) is 0 Å². The van der Waals surface area contributed by atoms with Crippen LogP contribution < -0.4 is 11.1 Å². The fourth-order valence-electron chi connectivity index (χ4n) is 1.88. The summed E-state index contributed by atoms with van der Waals surface area (Å²) in [6, 6.07) is 2.67. The van der Waals surface area contributed by atoms with Crippen LogP contribution in [0.5, 0.6) is 0 Å². The van der Waals surface area contributed by atoms with Gasteiger partial charge in [-0.2, -0.15) is 0 Å². The van der Waals surface area contributed by atoms with Crippen LogP contribution >= 0.6 is 11.3 Å². The zero-order valence-electron chi connectivity index (χ0n) is 9.33. The van der Waals surface area contributed by atoms with Gasteiger partial charge in [-0.05, 0) is 30.2 Å². The van der Waals surface area contributed by atoms with Crippen molar-refractivity contribution in [1.82, 2.24) is 5.32 Å². The van der Waals surface area contributed by atoms with E-state index in [0.29, 0.717) is 6.04 Å². The first-order valence-corrected chi connectivity index (χ1v) is 6.72. The van der Waals surface area contributed by atoms with Crippen molar-refractivity contribution in [1.29, 1.82) is 0 Å². The lowest BCUT2D eigenvalue weighted by Gasteiger charge is -2.16. The minimum atomic E-state index is 0.680. The summed E-state index contributed by atoms with van der Waals surface area (Å²) in [6.07, 6.45) is 5.46. The van der Waals surface area contributed by atoms with Crippen LogP contribution in [0.15, 0.2) is 11.4 Å². The van der Waals surface area contributed by atoms with E-state index in [1.54, 1.807) is 11.3 Å². The number of nitrogens with one attached hydrogen (secondary N) is 1. The quantitative estimate of drug-likeness (QED) is 0.779. The summed E-state index contributed by atoms with van der Waals surface area (Å²) in [7, 11) is 0. The van der Waals surface area contributed by atoms with E-state index in [-0.39, 0.29) is 0 Å². The van der Waals surface area contributed by atoms with Crippen molar-refractivity contribution in [3.05, 3.63) is 16.3 Å². The molecule has 1 fully saturated rings. The minimum Gasteiger partial charge on any atom is -0.398 e. The van der Waals surface area contributed by atoms with E-state index in [1.807, 2.05) is 6.07 Å². The molecule has 2 nitrogen and oxygen atoms in total. The van der Waals surface area contributed by atoms with E-state index < -0.39 is 0 Å². The van der Waals surface area contributed by atoms with Gasteiger partial charge in [0.1, 0.15) is 0 Å². The standard InChI is InChI=1S/C12H20N2S/c1-2-10(7-9-3-4-9)14-8-12-11(13)5-6-15-12/h5-6,9-10,14H,2-4,7-8,13H2,1H3. The van der Waals surface area contributed by atoms with E-state index in [9.17, 15) is 0 Å². The zero-order chi connectivity index (χ0) is 10.7. The average Bonchev–Trinajstić information content (AvgIpc) is 2.96. The third kappa shape index (κ3) is 3.21. The summed E-state index contributed by atoms with van der Waals surface area (Å²) < 4.78 is 0.